The Morgan fingerprint density at radius 3 is 2.78 bits per heavy atom. The Kier molecular flexibility index (Phi) is 3.81. The molecule has 2 heterocycles. The lowest BCUT2D eigenvalue weighted by molar-refractivity contribution is -0.141. The van der Waals surface area contributed by atoms with E-state index >= 15 is 0 Å². The van der Waals surface area contributed by atoms with Crippen molar-refractivity contribution in [3.05, 3.63) is 47.8 Å². The molecule has 0 bridgehead atoms. The van der Waals surface area contributed by atoms with Gasteiger partial charge in [0.25, 0.3) is 6.01 Å². The number of methoxy groups -OCH3 is 1. The van der Waals surface area contributed by atoms with Crippen LogP contribution in [0.4, 0.5) is 19.2 Å². The third-order valence-corrected chi connectivity index (χ3v) is 3.15. The van der Waals surface area contributed by atoms with Crippen molar-refractivity contribution in [3.63, 3.8) is 0 Å². The van der Waals surface area contributed by atoms with Crippen molar-refractivity contribution in [2.75, 3.05) is 12.4 Å². The summed E-state index contributed by atoms with van der Waals surface area (Å²) < 4.78 is 48.4. The summed E-state index contributed by atoms with van der Waals surface area (Å²) in [6, 6.07) is 7.86. The van der Waals surface area contributed by atoms with Gasteiger partial charge in [-0.25, -0.2) is 0 Å². The summed E-state index contributed by atoms with van der Waals surface area (Å²) in [5, 5.41) is 2.85. The van der Waals surface area contributed by atoms with Crippen molar-refractivity contribution in [2.45, 2.75) is 12.7 Å². The van der Waals surface area contributed by atoms with E-state index in [2.05, 4.69) is 15.3 Å². The Bertz CT molecular complexity index is 830. The van der Waals surface area contributed by atoms with Crippen molar-refractivity contribution < 1.29 is 22.3 Å². The first kappa shape index (κ1) is 15.1. The van der Waals surface area contributed by atoms with E-state index in [0.29, 0.717) is 22.4 Å². The number of anilines is 1. The number of ether oxygens (including phenoxy) is 1. The summed E-state index contributed by atoms with van der Waals surface area (Å²) in [4.78, 5) is 7.52. The molecule has 0 radical (unpaired) electrons. The molecule has 1 N–H and O–H groups in total. The maximum atomic E-state index is 12.6. The Hall–Kier alpha value is -2.77. The van der Waals surface area contributed by atoms with E-state index in [1.165, 1.54) is 6.07 Å². The van der Waals surface area contributed by atoms with Gasteiger partial charge in [0.2, 0.25) is 0 Å². The summed E-state index contributed by atoms with van der Waals surface area (Å²) in [6.07, 6.45) is -3.35. The fourth-order valence-electron chi connectivity index (χ4n) is 2.02. The second-order valence-corrected chi connectivity index (χ2v) is 4.75. The molecule has 3 rings (SSSR count). The van der Waals surface area contributed by atoms with E-state index in [0.717, 1.165) is 12.3 Å². The first-order valence-electron chi connectivity index (χ1n) is 6.66. The number of halogens is 3. The van der Waals surface area contributed by atoms with Crippen LogP contribution in [-0.2, 0) is 12.7 Å². The van der Waals surface area contributed by atoms with E-state index in [9.17, 15) is 13.2 Å². The first-order valence-corrected chi connectivity index (χ1v) is 6.66. The Morgan fingerprint density at radius 1 is 1.22 bits per heavy atom. The molecule has 120 valence electrons. The quantitative estimate of drug-likeness (QED) is 0.790. The SMILES string of the molecule is COc1ccc2nc(NCc3ccnc(C(F)(F)F)c3)oc2c1. The zero-order valence-electron chi connectivity index (χ0n) is 12.0. The minimum atomic E-state index is -4.47. The normalized spacial score (nSPS) is 11.7. The number of alkyl halides is 3. The monoisotopic (exact) mass is 323 g/mol. The number of aromatic nitrogens is 2. The van der Waals surface area contributed by atoms with Gasteiger partial charge < -0.3 is 14.5 Å². The van der Waals surface area contributed by atoms with Crippen LogP contribution in [0.3, 0.4) is 0 Å². The predicted molar refractivity (Wildman–Crippen MR) is 77.1 cm³/mol. The number of hydrogen-bond acceptors (Lipinski definition) is 5. The molecular weight excluding hydrogens is 311 g/mol. The van der Waals surface area contributed by atoms with Gasteiger partial charge in [0.05, 0.1) is 7.11 Å². The number of nitrogens with zero attached hydrogens (tertiary/aromatic N) is 2. The van der Waals surface area contributed by atoms with Gasteiger partial charge in [-0.05, 0) is 29.8 Å². The zero-order chi connectivity index (χ0) is 16.4. The molecule has 2 aromatic heterocycles. The maximum absolute atomic E-state index is 12.6. The largest absolute Gasteiger partial charge is 0.497 e. The van der Waals surface area contributed by atoms with E-state index in [-0.39, 0.29) is 12.6 Å². The van der Waals surface area contributed by atoms with Crippen LogP contribution in [0.25, 0.3) is 11.1 Å². The summed E-state index contributed by atoms with van der Waals surface area (Å²) in [7, 11) is 1.54. The molecule has 0 aliphatic carbocycles. The Labute approximate surface area is 129 Å². The molecule has 0 saturated carbocycles. The summed E-state index contributed by atoms with van der Waals surface area (Å²) >= 11 is 0. The molecule has 0 unspecified atom stereocenters. The van der Waals surface area contributed by atoms with Crippen LogP contribution in [0.5, 0.6) is 5.75 Å². The van der Waals surface area contributed by atoms with Gasteiger partial charge in [-0.2, -0.15) is 18.2 Å². The van der Waals surface area contributed by atoms with Gasteiger partial charge >= 0.3 is 6.18 Å². The molecule has 5 nitrogen and oxygen atoms in total. The molecule has 0 spiro atoms. The Morgan fingerprint density at radius 2 is 2.04 bits per heavy atom. The van der Waals surface area contributed by atoms with Crippen LogP contribution in [0.2, 0.25) is 0 Å². The topological polar surface area (TPSA) is 60.2 Å². The number of benzene rings is 1. The molecule has 0 amide bonds. The molecule has 23 heavy (non-hydrogen) atoms. The Balaban J connectivity index is 1.75. The van der Waals surface area contributed by atoms with Crippen molar-refractivity contribution in [1.29, 1.82) is 0 Å². The van der Waals surface area contributed by atoms with Gasteiger partial charge in [0.15, 0.2) is 5.58 Å². The first-order chi connectivity index (χ1) is 11.0. The highest BCUT2D eigenvalue weighted by atomic mass is 19.4. The van der Waals surface area contributed by atoms with Gasteiger partial charge in [0.1, 0.15) is 17.0 Å². The van der Waals surface area contributed by atoms with Gasteiger partial charge in [-0.1, -0.05) is 0 Å². The molecule has 8 heteroatoms. The fourth-order valence-corrected chi connectivity index (χ4v) is 2.02. The van der Waals surface area contributed by atoms with Gasteiger partial charge in [0, 0.05) is 18.8 Å². The van der Waals surface area contributed by atoms with Crippen LogP contribution < -0.4 is 10.1 Å². The molecular formula is C15H12F3N3O2. The standard InChI is InChI=1S/C15H12F3N3O2/c1-22-10-2-3-11-12(7-10)23-14(21-11)20-8-9-4-5-19-13(6-9)15(16,17)18/h2-7H,8H2,1H3,(H,20,21). The van der Waals surface area contributed by atoms with Crippen molar-refractivity contribution in [3.8, 4) is 5.75 Å². The third-order valence-electron chi connectivity index (χ3n) is 3.15. The molecule has 0 fully saturated rings. The van der Waals surface area contributed by atoms with E-state index in [1.54, 1.807) is 25.3 Å². The van der Waals surface area contributed by atoms with Crippen LogP contribution >= 0.6 is 0 Å². The smallest absolute Gasteiger partial charge is 0.433 e. The lowest BCUT2D eigenvalue weighted by Gasteiger charge is -2.07. The average molecular weight is 323 g/mol. The average Bonchev–Trinajstić information content (AvgIpc) is 2.94. The van der Waals surface area contributed by atoms with Crippen molar-refractivity contribution >= 4 is 17.1 Å². The summed E-state index contributed by atoms with van der Waals surface area (Å²) in [5.41, 5.74) is 0.642. The molecule has 0 saturated heterocycles. The number of rotatable bonds is 4. The third kappa shape index (κ3) is 3.36. The molecule has 1 aromatic carbocycles. The number of oxazole rings is 1. The highest BCUT2D eigenvalue weighted by molar-refractivity contribution is 5.76. The van der Waals surface area contributed by atoms with E-state index in [1.807, 2.05) is 0 Å². The summed E-state index contributed by atoms with van der Waals surface area (Å²) in [5.74, 6) is 0.629. The van der Waals surface area contributed by atoms with Gasteiger partial charge in [-0.15, -0.1) is 0 Å². The molecule has 0 aliphatic rings. The minimum absolute atomic E-state index is 0.134. The molecule has 3 aromatic rings. The highest BCUT2D eigenvalue weighted by Gasteiger charge is 2.32. The second-order valence-electron chi connectivity index (χ2n) is 4.75. The maximum Gasteiger partial charge on any atom is 0.433 e. The summed E-state index contributed by atoms with van der Waals surface area (Å²) in [6.45, 7) is 0.134. The number of fused-ring (bicyclic) bond motifs is 1. The van der Waals surface area contributed by atoms with Crippen LogP contribution in [0.1, 0.15) is 11.3 Å². The number of nitrogens with one attached hydrogen (secondary N) is 1. The molecule has 0 aliphatic heterocycles. The second kappa shape index (κ2) is 5.79. The lowest BCUT2D eigenvalue weighted by Crippen LogP contribution is -2.09. The van der Waals surface area contributed by atoms with Crippen LogP contribution in [0, 0.1) is 0 Å². The van der Waals surface area contributed by atoms with E-state index < -0.39 is 11.9 Å². The van der Waals surface area contributed by atoms with Crippen LogP contribution in [0.15, 0.2) is 40.9 Å². The molecule has 0 atom stereocenters. The predicted octanol–water partition coefficient (Wildman–Crippen LogP) is 3.86. The van der Waals surface area contributed by atoms with Crippen molar-refractivity contribution in [1.82, 2.24) is 9.97 Å². The van der Waals surface area contributed by atoms with Crippen molar-refractivity contribution in [2.24, 2.45) is 0 Å². The highest BCUT2D eigenvalue weighted by Crippen LogP contribution is 2.28. The fraction of sp³-hybridized carbons (Fsp3) is 0.200. The lowest BCUT2D eigenvalue weighted by atomic mass is 10.2. The van der Waals surface area contributed by atoms with Crippen LogP contribution in [-0.4, -0.2) is 17.1 Å². The van der Waals surface area contributed by atoms with Gasteiger partial charge in [-0.3, -0.25) is 4.98 Å². The van der Waals surface area contributed by atoms with E-state index in [4.69, 9.17) is 9.15 Å². The number of hydrogen-bond donors (Lipinski definition) is 1. The number of pyridine rings is 1. The minimum Gasteiger partial charge on any atom is -0.497 e. The zero-order valence-corrected chi connectivity index (χ0v) is 12.0.